The molecule has 0 saturated carbocycles. The lowest BCUT2D eigenvalue weighted by Crippen LogP contribution is -2.24. The van der Waals surface area contributed by atoms with E-state index in [1.807, 2.05) is 4.98 Å². The normalized spacial score (nSPS) is 10.9. The fourth-order valence-electron chi connectivity index (χ4n) is 2.21. The fraction of sp³-hybridized carbons (Fsp3) is 0. The number of aromatic carboxylic acids is 1. The van der Waals surface area contributed by atoms with Gasteiger partial charge in [0.2, 0.25) is 0 Å². The van der Waals surface area contributed by atoms with Gasteiger partial charge in [-0.2, -0.15) is 0 Å². The van der Waals surface area contributed by atoms with Crippen LogP contribution in [0.2, 0.25) is 0 Å². The van der Waals surface area contributed by atoms with Crippen LogP contribution in [0.15, 0.2) is 33.9 Å². The number of carbonyl (C=O) groups is 1. The first-order valence-corrected chi connectivity index (χ1v) is 6.23. The lowest BCUT2D eigenvalue weighted by atomic mass is 10.1. The van der Waals surface area contributed by atoms with Crippen LogP contribution in [0, 0.1) is 11.6 Å². The smallest absolute Gasteiger partial charge is 0.336 e. The largest absolute Gasteiger partial charge is 0.478 e. The summed E-state index contributed by atoms with van der Waals surface area (Å²) in [6.07, 6.45) is 0. The molecule has 0 bridgehead atoms. The van der Waals surface area contributed by atoms with Gasteiger partial charge in [0.05, 0.1) is 22.2 Å². The van der Waals surface area contributed by atoms with Crippen molar-refractivity contribution in [3.63, 3.8) is 0 Å². The second-order valence-electron chi connectivity index (χ2n) is 4.59. The minimum atomic E-state index is -1.51. The van der Waals surface area contributed by atoms with Gasteiger partial charge < -0.3 is 5.11 Å². The summed E-state index contributed by atoms with van der Waals surface area (Å²) in [6, 6.07) is 3.97. The molecule has 3 N–H and O–H groups in total. The Labute approximate surface area is 125 Å². The number of rotatable bonds is 2. The lowest BCUT2D eigenvalue weighted by molar-refractivity contribution is 0.0699. The SMILES string of the molecule is O=C(O)c1cc(-c2c(F)cccc2F)nc2[nH]c(=O)[nH]c(=O)c12. The second kappa shape index (κ2) is 5.13. The van der Waals surface area contributed by atoms with Crippen LogP contribution in [0.4, 0.5) is 8.78 Å². The number of nitrogens with one attached hydrogen (secondary N) is 2. The summed E-state index contributed by atoms with van der Waals surface area (Å²) >= 11 is 0. The summed E-state index contributed by atoms with van der Waals surface area (Å²) in [6.45, 7) is 0. The van der Waals surface area contributed by atoms with Crippen molar-refractivity contribution < 1.29 is 18.7 Å². The third-order valence-electron chi connectivity index (χ3n) is 3.15. The van der Waals surface area contributed by atoms with Crippen LogP contribution in [-0.4, -0.2) is 26.0 Å². The summed E-state index contributed by atoms with van der Waals surface area (Å²) in [5.74, 6) is -3.42. The monoisotopic (exact) mass is 319 g/mol. The molecule has 1 aromatic carbocycles. The molecule has 116 valence electrons. The molecule has 23 heavy (non-hydrogen) atoms. The van der Waals surface area contributed by atoms with Gasteiger partial charge in [-0.05, 0) is 18.2 Å². The first-order chi connectivity index (χ1) is 10.9. The zero-order valence-corrected chi connectivity index (χ0v) is 11.2. The maximum atomic E-state index is 13.9. The van der Waals surface area contributed by atoms with Gasteiger partial charge in [0.15, 0.2) is 0 Å². The summed E-state index contributed by atoms with van der Waals surface area (Å²) in [5, 5.41) is 8.84. The van der Waals surface area contributed by atoms with Crippen molar-refractivity contribution in [3.8, 4) is 11.3 Å². The van der Waals surface area contributed by atoms with Crippen molar-refractivity contribution in [2.24, 2.45) is 0 Å². The molecule has 2 aromatic heterocycles. The zero-order valence-electron chi connectivity index (χ0n) is 11.2. The van der Waals surface area contributed by atoms with E-state index in [9.17, 15) is 28.3 Å². The Hall–Kier alpha value is -3.36. The van der Waals surface area contributed by atoms with Gasteiger partial charge >= 0.3 is 11.7 Å². The Bertz CT molecular complexity index is 1050. The van der Waals surface area contributed by atoms with E-state index in [0.29, 0.717) is 0 Å². The molecule has 0 fully saturated rings. The molecule has 0 saturated heterocycles. The molecule has 0 amide bonds. The minimum Gasteiger partial charge on any atom is -0.478 e. The highest BCUT2D eigenvalue weighted by Crippen LogP contribution is 2.26. The number of pyridine rings is 1. The number of halogens is 2. The van der Waals surface area contributed by atoms with Gasteiger partial charge in [0.1, 0.15) is 17.3 Å². The number of aromatic amines is 2. The van der Waals surface area contributed by atoms with Crippen LogP contribution in [-0.2, 0) is 0 Å². The van der Waals surface area contributed by atoms with Crippen LogP contribution >= 0.6 is 0 Å². The van der Waals surface area contributed by atoms with Crippen molar-refractivity contribution in [1.82, 2.24) is 15.0 Å². The van der Waals surface area contributed by atoms with E-state index in [4.69, 9.17) is 0 Å². The van der Waals surface area contributed by atoms with Gasteiger partial charge in [-0.3, -0.25) is 14.8 Å². The van der Waals surface area contributed by atoms with E-state index in [1.165, 1.54) is 0 Å². The Kier molecular flexibility index (Phi) is 3.25. The van der Waals surface area contributed by atoms with Gasteiger partial charge in [-0.25, -0.2) is 23.4 Å². The van der Waals surface area contributed by atoms with Gasteiger partial charge in [-0.15, -0.1) is 0 Å². The van der Waals surface area contributed by atoms with Crippen LogP contribution < -0.4 is 11.2 Å². The van der Waals surface area contributed by atoms with Crippen molar-refractivity contribution in [3.05, 3.63) is 62.3 Å². The summed E-state index contributed by atoms with van der Waals surface area (Å²) < 4.78 is 27.7. The predicted molar refractivity (Wildman–Crippen MR) is 75.3 cm³/mol. The number of aromatic nitrogens is 3. The fourth-order valence-corrected chi connectivity index (χ4v) is 2.21. The number of nitrogens with zero attached hydrogens (tertiary/aromatic N) is 1. The summed E-state index contributed by atoms with van der Waals surface area (Å²) in [5.41, 5.74) is -3.71. The Balaban J connectivity index is 2.48. The molecular formula is C14H7F2N3O4. The molecule has 0 aliphatic carbocycles. The number of carboxylic acids is 1. The average molecular weight is 319 g/mol. The van der Waals surface area contributed by atoms with Gasteiger partial charge in [0.25, 0.3) is 5.56 Å². The third kappa shape index (κ3) is 2.37. The molecule has 9 heteroatoms. The van der Waals surface area contributed by atoms with E-state index < -0.39 is 45.4 Å². The minimum absolute atomic E-state index is 0.355. The molecule has 0 aliphatic rings. The highest BCUT2D eigenvalue weighted by Gasteiger charge is 2.20. The third-order valence-corrected chi connectivity index (χ3v) is 3.15. The van der Waals surface area contributed by atoms with Crippen LogP contribution in [0.3, 0.4) is 0 Å². The molecule has 0 unspecified atom stereocenters. The van der Waals surface area contributed by atoms with Crippen molar-refractivity contribution in [1.29, 1.82) is 0 Å². The van der Waals surface area contributed by atoms with Crippen molar-refractivity contribution in [2.45, 2.75) is 0 Å². The number of H-pyrrole nitrogens is 2. The van der Waals surface area contributed by atoms with Crippen LogP contribution in [0.25, 0.3) is 22.3 Å². The van der Waals surface area contributed by atoms with E-state index in [-0.39, 0.29) is 11.3 Å². The summed E-state index contributed by atoms with van der Waals surface area (Å²) in [7, 11) is 0. The van der Waals surface area contributed by atoms with Crippen molar-refractivity contribution in [2.75, 3.05) is 0 Å². The Morgan fingerprint density at radius 2 is 1.78 bits per heavy atom. The van der Waals surface area contributed by atoms with Crippen LogP contribution in [0.5, 0.6) is 0 Å². The van der Waals surface area contributed by atoms with Crippen molar-refractivity contribution >= 4 is 17.0 Å². The number of carboxylic acid groups (broad SMARTS) is 1. The quantitative estimate of drug-likeness (QED) is 0.657. The molecule has 0 atom stereocenters. The molecule has 0 aliphatic heterocycles. The first kappa shape index (κ1) is 14.6. The molecule has 3 rings (SSSR count). The average Bonchev–Trinajstić information content (AvgIpc) is 2.45. The van der Waals surface area contributed by atoms with E-state index in [1.54, 1.807) is 0 Å². The number of hydrogen-bond donors (Lipinski definition) is 3. The van der Waals surface area contributed by atoms with Crippen LogP contribution in [0.1, 0.15) is 10.4 Å². The molecule has 0 spiro atoms. The summed E-state index contributed by atoms with van der Waals surface area (Å²) in [4.78, 5) is 42.3. The molecule has 3 aromatic rings. The molecule has 2 heterocycles. The molecule has 0 radical (unpaired) electrons. The standard InChI is InChI=1S/C14H7F2N3O4/c15-6-2-1-3-7(16)10(6)8-4-5(13(21)22)9-11(17-8)18-14(23)19-12(9)20/h1-4H,(H,21,22)(H2,17,18,19,20,23). The van der Waals surface area contributed by atoms with E-state index in [0.717, 1.165) is 24.3 Å². The zero-order chi connectivity index (χ0) is 16.7. The highest BCUT2D eigenvalue weighted by molar-refractivity contribution is 6.02. The first-order valence-electron chi connectivity index (χ1n) is 6.23. The number of hydrogen-bond acceptors (Lipinski definition) is 4. The Morgan fingerprint density at radius 1 is 1.13 bits per heavy atom. The molecule has 7 nitrogen and oxygen atoms in total. The van der Waals surface area contributed by atoms with Gasteiger partial charge in [-0.1, -0.05) is 6.07 Å². The predicted octanol–water partition coefficient (Wildman–Crippen LogP) is 1.25. The number of benzene rings is 1. The van der Waals surface area contributed by atoms with E-state index >= 15 is 0 Å². The topological polar surface area (TPSA) is 116 Å². The van der Waals surface area contributed by atoms with E-state index in [2.05, 4.69) is 9.97 Å². The Morgan fingerprint density at radius 3 is 2.39 bits per heavy atom. The maximum absolute atomic E-state index is 13.9. The van der Waals surface area contributed by atoms with Gasteiger partial charge in [0, 0.05) is 0 Å². The maximum Gasteiger partial charge on any atom is 0.336 e. The second-order valence-corrected chi connectivity index (χ2v) is 4.59. The lowest BCUT2D eigenvalue weighted by Gasteiger charge is -2.07. The number of fused-ring (bicyclic) bond motifs is 1. The highest BCUT2D eigenvalue weighted by atomic mass is 19.1. The molecular weight excluding hydrogens is 312 g/mol.